The van der Waals surface area contributed by atoms with Crippen LogP contribution in [-0.4, -0.2) is 36.4 Å². The van der Waals surface area contributed by atoms with Crippen molar-refractivity contribution in [2.75, 3.05) is 6.54 Å². The lowest BCUT2D eigenvalue weighted by Gasteiger charge is -2.32. The molecule has 0 amide bonds. The third-order valence-corrected chi connectivity index (χ3v) is 6.08. The molecule has 5 nitrogen and oxygen atoms in total. The highest BCUT2D eigenvalue weighted by atomic mass is 32.2. The Balaban J connectivity index is 2.12. The van der Waals surface area contributed by atoms with E-state index in [4.69, 9.17) is 0 Å². The molecule has 1 atom stereocenters. The number of rotatable bonds is 3. The Morgan fingerprint density at radius 1 is 1.17 bits per heavy atom. The molecule has 3 rings (SSSR count). The van der Waals surface area contributed by atoms with Crippen LogP contribution in [0.3, 0.4) is 0 Å². The van der Waals surface area contributed by atoms with Gasteiger partial charge in [-0.15, -0.1) is 0 Å². The lowest BCUT2D eigenvalue weighted by atomic mass is 10.1. The number of carboxylic acid groups (broad SMARTS) is 1. The highest BCUT2D eigenvalue weighted by Gasteiger charge is 2.39. The zero-order chi connectivity index (χ0) is 16.6. The van der Waals surface area contributed by atoms with Gasteiger partial charge in [-0.25, -0.2) is 12.8 Å². The van der Waals surface area contributed by atoms with Gasteiger partial charge in [-0.1, -0.05) is 30.3 Å². The second-order valence-corrected chi connectivity index (χ2v) is 7.42. The van der Waals surface area contributed by atoms with Gasteiger partial charge in [-0.2, -0.15) is 4.31 Å². The van der Waals surface area contributed by atoms with Crippen LogP contribution in [0.25, 0.3) is 10.8 Å². The number of sulfonamides is 1. The van der Waals surface area contributed by atoms with Crippen LogP contribution in [0, 0.1) is 5.82 Å². The lowest BCUT2D eigenvalue weighted by Crippen LogP contribution is -2.48. The minimum atomic E-state index is -4.20. The molecule has 23 heavy (non-hydrogen) atoms. The van der Waals surface area contributed by atoms with E-state index in [1.54, 1.807) is 18.2 Å². The average Bonchev–Trinajstić information content (AvgIpc) is 2.55. The first-order valence-electron chi connectivity index (χ1n) is 7.35. The standard InChI is InChI=1S/C16H16FNO4S/c17-15-12-6-2-1-5-11(12)8-9-14(15)23(21,22)18-10-4-3-7-13(18)16(19)20/h1-2,5-6,8-9,13H,3-4,7,10H2,(H,19,20). The second-order valence-electron chi connectivity index (χ2n) is 5.56. The first-order chi connectivity index (χ1) is 10.9. The summed E-state index contributed by atoms with van der Waals surface area (Å²) in [6.07, 6.45) is 1.45. The third kappa shape index (κ3) is 2.70. The number of piperidine rings is 1. The van der Waals surface area contributed by atoms with Crippen molar-refractivity contribution in [2.45, 2.75) is 30.2 Å². The molecule has 1 aliphatic heterocycles. The zero-order valence-corrected chi connectivity index (χ0v) is 13.1. The smallest absolute Gasteiger partial charge is 0.322 e. The van der Waals surface area contributed by atoms with E-state index in [2.05, 4.69) is 0 Å². The summed E-state index contributed by atoms with van der Waals surface area (Å²) in [4.78, 5) is 10.9. The van der Waals surface area contributed by atoms with Crippen molar-refractivity contribution in [1.82, 2.24) is 4.31 Å². The van der Waals surface area contributed by atoms with Crippen LogP contribution in [0.1, 0.15) is 19.3 Å². The maximum absolute atomic E-state index is 14.7. The van der Waals surface area contributed by atoms with Crippen molar-refractivity contribution in [2.24, 2.45) is 0 Å². The van der Waals surface area contributed by atoms with E-state index in [1.807, 2.05) is 0 Å². The van der Waals surface area contributed by atoms with Crippen molar-refractivity contribution in [3.8, 4) is 0 Å². The summed E-state index contributed by atoms with van der Waals surface area (Å²) in [5.74, 6) is -2.03. The molecule has 1 fully saturated rings. The Morgan fingerprint density at radius 3 is 2.65 bits per heavy atom. The molecular weight excluding hydrogens is 321 g/mol. The van der Waals surface area contributed by atoms with Gasteiger partial charge in [0.2, 0.25) is 10.0 Å². The van der Waals surface area contributed by atoms with Crippen molar-refractivity contribution in [3.63, 3.8) is 0 Å². The fourth-order valence-corrected chi connectivity index (χ4v) is 4.71. The monoisotopic (exact) mass is 337 g/mol. The van der Waals surface area contributed by atoms with E-state index in [1.165, 1.54) is 18.2 Å². The molecule has 0 bridgehead atoms. The highest BCUT2D eigenvalue weighted by Crippen LogP contribution is 2.30. The van der Waals surface area contributed by atoms with Crippen LogP contribution in [0.4, 0.5) is 4.39 Å². The summed E-state index contributed by atoms with van der Waals surface area (Å²) < 4.78 is 41.2. The molecule has 0 spiro atoms. The SMILES string of the molecule is O=C(O)C1CCCCN1S(=O)(=O)c1ccc2ccccc2c1F. The van der Waals surface area contributed by atoms with Gasteiger partial charge in [0.1, 0.15) is 10.9 Å². The summed E-state index contributed by atoms with van der Waals surface area (Å²) in [7, 11) is -4.20. The van der Waals surface area contributed by atoms with Gasteiger partial charge in [-0.05, 0) is 30.7 Å². The number of hydrogen-bond donors (Lipinski definition) is 1. The minimum absolute atomic E-state index is 0.0889. The molecular formula is C16H16FNO4S. The largest absolute Gasteiger partial charge is 0.480 e. The number of hydrogen-bond acceptors (Lipinski definition) is 3. The number of carbonyl (C=O) groups is 1. The number of benzene rings is 2. The molecule has 122 valence electrons. The van der Waals surface area contributed by atoms with Gasteiger partial charge in [0.05, 0.1) is 0 Å². The fourth-order valence-electron chi connectivity index (χ4n) is 2.98. The average molecular weight is 337 g/mol. The number of fused-ring (bicyclic) bond motifs is 1. The summed E-state index contributed by atoms with van der Waals surface area (Å²) in [5.41, 5.74) is 0. The van der Waals surface area contributed by atoms with Gasteiger partial charge in [-0.3, -0.25) is 4.79 Å². The van der Waals surface area contributed by atoms with Crippen molar-refractivity contribution in [3.05, 3.63) is 42.2 Å². The minimum Gasteiger partial charge on any atom is -0.480 e. The van der Waals surface area contributed by atoms with E-state index in [-0.39, 0.29) is 18.4 Å². The van der Waals surface area contributed by atoms with Crippen molar-refractivity contribution >= 4 is 26.8 Å². The predicted molar refractivity (Wildman–Crippen MR) is 83.1 cm³/mol. The van der Waals surface area contributed by atoms with Crippen molar-refractivity contribution in [1.29, 1.82) is 0 Å². The second kappa shape index (κ2) is 5.90. The predicted octanol–water partition coefficient (Wildman–Crippen LogP) is 2.61. The van der Waals surface area contributed by atoms with E-state index < -0.39 is 32.7 Å². The summed E-state index contributed by atoms with van der Waals surface area (Å²) in [5, 5.41) is 10.1. The quantitative estimate of drug-likeness (QED) is 0.934. The maximum atomic E-state index is 14.7. The van der Waals surface area contributed by atoms with Crippen molar-refractivity contribution < 1.29 is 22.7 Å². The molecule has 1 unspecified atom stereocenters. The molecule has 1 saturated heterocycles. The maximum Gasteiger partial charge on any atom is 0.322 e. The molecule has 1 N–H and O–H groups in total. The van der Waals surface area contributed by atoms with Crippen LogP contribution in [0.15, 0.2) is 41.3 Å². The molecule has 0 aromatic heterocycles. The molecule has 2 aromatic rings. The van der Waals surface area contributed by atoms with Gasteiger partial charge < -0.3 is 5.11 Å². The Labute approximate surface area is 133 Å². The summed E-state index contributed by atoms with van der Waals surface area (Å²) >= 11 is 0. The van der Waals surface area contributed by atoms with Crippen LogP contribution < -0.4 is 0 Å². The zero-order valence-electron chi connectivity index (χ0n) is 12.3. The first-order valence-corrected chi connectivity index (χ1v) is 8.79. The molecule has 1 heterocycles. The number of halogens is 1. The normalized spacial score (nSPS) is 19.8. The summed E-state index contributed by atoms with van der Waals surface area (Å²) in [6.45, 7) is 0.0889. The van der Waals surface area contributed by atoms with Gasteiger partial charge in [0, 0.05) is 11.9 Å². The van der Waals surface area contributed by atoms with E-state index in [0.29, 0.717) is 18.2 Å². The van der Waals surface area contributed by atoms with E-state index in [0.717, 1.165) is 4.31 Å². The Kier molecular flexibility index (Phi) is 4.08. The van der Waals surface area contributed by atoms with Crippen LogP contribution in [-0.2, 0) is 14.8 Å². The first kappa shape index (κ1) is 15.9. The Bertz CT molecular complexity index is 866. The fraction of sp³-hybridized carbons (Fsp3) is 0.312. The van der Waals surface area contributed by atoms with E-state index >= 15 is 0 Å². The van der Waals surface area contributed by atoms with Gasteiger partial charge >= 0.3 is 5.97 Å². The van der Waals surface area contributed by atoms with Crippen LogP contribution in [0.2, 0.25) is 0 Å². The van der Waals surface area contributed by atoms with Crippen LogP contribution in [0.5, 0.6) is 0 Å². The Morgan fingerprint density at radius 2 is 1.91 bits per heavy atom. The highest BCUT2D eigenvalue weighted by molar-refractivity contribution is 7.89. The lowest BCUT2D eigenvalue weighted by molar-refractivity contribution is -0.142. The molecule has 0 aliphatic carbocycles. The number of nitrogens with zero attached hydrogens (tertiary/aromatic N) is 1. The number of aliphatic carboxylic acids is 1. The third-order valence-electron chi connectivity index (χ3n) is 4.15. The molecule has 7 heteroatoms. The molecule has 1 aliphatic rings. The van der Waals surface area contributed by atoms with Gasteiger partial charge in [0.25, 0.3) is 0 Å². The molecule has 2 aromatic carbocycles. The summed E-state index contributed by atoms with van der Waals surface area (Å²) in [6, 6.07) is 8.17. The Hall–Kier alpha value is -1.99. The van der Waals surface area contributed by atoms with E-state index in [9.17, 15) is 22.7 Å². The van der Waals surface area contributed by atoms with Crippen LogP contribution >= 0.6 is 0 Å². The molecule has 0 radical (unpaired) electrons. The number of carboxylic acids is 1. The molecule has 0 saturated carbocycles. The van der Waals surface area contributed by atoms with Gasteiger partial charge in [0.15, 0.2) is 5.82 Å². The topological polar surface area (TPSA) is 74.7 Å².